The summed E-state index contributed by atoms with van der Waals surface area (Å²) in [5.41, 5.74) is 4.30. The molecule has 1 atom stereocenters. The summed E-state index contributed by atoms with van der Waals surface area (Å²) in [6.07, 6.45) is 1.07. The van der Waals surface area contributed by atoms with Crippen molar-refractivity contribution in [2.24, 2.45) is 0 Å². The number of aromatic nitrogens is 2. The minimum absolute atomic E-state index is 0.109. The highest BCUT2D eigenvalue weighted by Crippen LogP contribution is 2.20. The van der Waals surface area contributed by atoms with Crippen molar-refractivity contribution in [3.05, 3.63) is 52.8 Å². The van der Waals surface area contributed by atoms with E-state index in [1.807, 2.05) is 6.07 Å². The Morgan fingerprint density at radius 1 is 1.29 bits per heavy atom. The number of H-pyrrole nitrogens is 1. The van der Waals surface area contributed by atoms with Crippen LogP contribution in [0.3, 0.4) is 0 Å². The number of amides is 1. The molecule has 1 aromatic heterocycles. The molecular weight excluding hydrogens is 300 g/mol. The summed E-state index contributed by atoms with van der Waals surface area (Å²) in [7, 11) is 0. The highest BCUT2D eigenvalue weighted by Gasteiger charge is 2.21. The van der Waals surface area contributed by atoms with E-state index in [1.54, 1.807) is 0 Å². The van der Waals surface area contributed by atoms with Gasteiger partial charge in [-0.1, -0.05) is 38.1 Å². The van der Waals surface area contributed by atoms with E-state index in [9.17, 15) is 4.79 Å². The van der Waals surface area contributed by atoms with Gasteiger partial charge in [0.05, 0.1) is 0 Å². The molecule has 1 unspecified atom stereocenters. The lowest BCUT2D eigenvalue weighted by molar-refractivity contribution is 0.0927. The maximum Gasteiger partial charge on any atom is 0.271 e. The summed E-state index contributed by atoms with van der Waals surface area (Å²) in [5.74, 6) is 0.230. The van der Waals surface area contributed by atoms with Crippen molar-refractivity contribution in [2.45, 2.75) is 45.7 Å². The van der Waals surface area contributed by atoms with Gasteiger partial charge < -0.3 is 5.32 Å². The molecule has 0 saturated carbocycles. The second-order valence-corrected chi connectivity index (χ2v) is 6.91. The lowest BCUT2D eigenvalue weighted by Gasteiger charge is -2.33. The third-order valence-corrected chi connectivity index (χ3v) is 4.79. The molecule has 3 rings (SSSR count). The molecule has 2 heterocycles. The lowest BCUT2D eigenvalue weighted by Crippen LogP contribution is -2.44. The molecule has 1 aliphatic rings. The van der Waals surface area contributed by atoms with Crippen LogP contribution in [0.5, 0.6) is 0 Å². The summed E-state index contributed by atoms with van der Waals surface area (Å²) in [6.45, 7) is 8.93. The molecule has 128 valence electrons. The molecule has 1 amide bonds. The highest BCUT2D eigenvalue weighted by atomic mass is 16.1. The van der Waals surface area contributed by atoms with E-state index in [0.717, 1.165) is 25.2 Å². The fourth-order valence-electron chi connectivity index (χ4n) is 3.10. The van der Waals surface area contributed by atoms with Crippen LogP contribution in [0.2, 0.25) is 0 Å². The van der Waals surface area contributed by atoms with Gasteiger partial charge in [0.15, 0.2) is 0 Å². The zero-order valence-electron chi connectivity index (χ0n) is 14.7. The minimum atomic E-state index is -0.109. The molecule has 0 aliphatic carbocycles. The number of carbonyl (C=O) groups excluding carboxylic acids is 1. The Labute approximate surface area is 143 Å². The Kier molecular flexibility index (Phi) is 5.00. The normalized spacial score (nSPS) is 16.0. The van der Waals surface area contributed by atoms with Gasteiger partial charge in [0.25, 0.3) is 5.91 Å². The van der Waals surface area contributed by atoms with E-state index < -0.39 is 0 Å². The van der Waals surface area contributed by atoms with Gasteiger partial charge in [-0.15, -0.1) is 0 Å². The number of nitrogens with zero attached hydrogens (tertiary/aromatic N) is 2. The fraction of sp³-hybridized carbons (Fsp3) is 0.474. The van der Waals surface area contributed by atoms with Crippen molar-refractivity contribution in [1.82, 2.24) is 20.4 Å². The molecule has 2 N–H and O–H groups in total. The van der Waals surface area contributed by atoms with Crippen LogP contribution >= 0.6 is 0 Å². The first kappa shape index (κ1) is 16.7. The molecule has 24 heavy (non-hydrogen) atoms. The zero-order valence-corrected chi connectivity index (χ0v) is 14.7. The molecule has 5 nitrogen and oxygen atoms in total. The largest absolute Gasteiger partial charge is 0.349 e. The van der Waals surface area contributed by atoms with E-state index in [1.165, 1.54) is 11.1 Å². The van der Waals surface area contributed by atoms with Crippen molar-refractivity contribution in [1.29, 1.82) is 0 Å². The molecule has 0 fully saturated rings. The molecule has 5 heteroatoms. The van der Waals surface area contributed by atoms with Crippen LogP contribution in [0, 0.1) is 0 Å². The molecule has 0 spiro atoms. The molecule has 2 aromatic rings. The van der Waals surface area contributed by atoms with Crippen LogP contribution < -0.4 is 5.32 Å². The second kappa shape index (κ2) is 7.18. The molecule has 1 aliphatic heterocycles. The van der Waals surface area contributed by atoms with Gasteiger partial charge in [-0.05, 0) is 36.5 Å². The number of fused-ring (bicyclic) bond motifs is 1. The van der Waals surface area contributed by atoms with Gasteiger partial charge in [-0.2, -0.15) is 5.10 Å². The van der Waals surface area contributed by atoms with Gasteiger partial charge in [0, 0.05) is 31.4 Å². The van der Waals surface area contributed by atoms with Gasteiger partial charge in [0.2, 0.25) is 0 Å². The highest BCUT2D eigenvalue weighted by molar-refractivity contribution is 5.92. The number of hydrogen-bond donors (Lipinski definition) is 2. The van der Waals surface area contributed by atoms with Gasteiger partial charge in [-0.3, -0.25) is 14.8 Å². The van der Waals surface area contributed by atoms with Crippen molar-refractivity contribution >= 4 is 5.91 Å². The molecule has 0 radical (unpaired) electrons. The number of carbonyl (C=O) groups is 1. The summed E-state index contributed by atoms with van der Waals surface area (Å²) < 4.78 is 0. The SMILES string of the molecule is CC(C)c1cc(C(=O)NCC(C)N2CCc3ccccc3C2)n[nH]1. The Balaban J connectivity index is 1.54. The smallest absolute Gasteiger partial charge is 0.271 e. The number of rotatable bonds is 5. The molecule has 0 saturated heterocycles. The number of hydrogen-bond acceptors (Lipinski definition) is 3. The first-order valence-electron chi connectivity index (χ1n) is 8.69. The van der Waals surface area contributed by atoms with Gasteiger partial charge >= 0.3 is 0 Å². The van der Waals surface area contributed by atoms with E-state index in [2.05, 4.69) is 65.5 Å². The van der Waals surface area contributed by atoms with Gasteiger partial charge in [0.1, 0.15) is 5.69 Å². The Morgan fingerprint density at radius 2 is 2.04 bits per heavy atom. The second-order valence-electron chi connectivity index (χ2n) is 6.91. The van der Waals surface area contributed by atoms with E-state index in [-0.39, 0.29) is 5.91 Å². The zero-order chi connectivity index (χ0) is 17.1. The first-order chi connectivity index (χ1) is 11.5. The van der Waals surface area contributed by atoms with Gasteiger partial charge in [-0.25, -0.2) is 0 Å². The van der Waals surface area contributed by atoms with Crippen LogP contribution in [0.15, 0.2) is 30.3 Å². The topological polar surface area (TPSA) is 61.0 Å². The van der Waals surface area contributed by atoms with Crippen LogP contribution in [-0.2, 0) is 13.0 Å². The number of benzene rings is 1. The maximum atomic E-state index is 12.3. The van der Waals surface area contributed by atoms with E-state index in [0.29, 0.717) is 24.2 Å². The van der Waals surface area contributed by atoms with Crippen LogP contribution in [0.4, 0.5) is 0 Å². The number of aromatic amines is 1. The lowest BCUT2D eigenvalue weighted by atomic mass is 9.99. The summed E-state index contributed by atoms with van der Waals surface area (Å²) >= 11 is 0. The van der Waals surface area contributed by atoms with Crippen molar-refractivity contribution in [3.8, 4) is 0 Å². The van der Waals surface area contributed by atoms with Crippen molar-refractivity contribution < 1.29 is 4.79 Å². The maximum absolute atomic E-state index is 12.3. The quantitative estimate of drug-likeness (QED) is 0.888. The van der Waals surface area contributed by atoms with Crippen LogP contribution in [-0.4, -0.2) is 40.1 Å². The standard InChI is InChI=1S/C19H26N4O/c1-13(2)17-10-18(22-21-17)19(24)20-11-14(3)23-9-8-15-6-4-5-7-16(15)12-23/h4-7,10,13-14H,8-9,11-12H2,1-3H3,(H,20,24)(H,21,22). The summed E-state index contributed by atoms with van der Waals surface area (Å²) in [5, 5.41) is 10.0. The summed E-state index contributed by atoms with van der Waals surface area (Å²) in [6, 6.07) is 10.7. The molecule has 1 aromatic carbocycles. The molecular formula is C19H26N4O. The van der Waals surface area contributed by atoms with Crippen LogP contribution in [0.1, 0.15) is 54.0 Å². The third kappa shape index (κ3) is 3.67. The van der Waals surface area contributed by atoms with E-state index in [4.69, 9.17) is 0 Å². The Morgan fingerprint density at radius 3 is 2.75 bits per heavy atom. The molecule has 0 bridgehead atoms. The fourth-order valence-corrected chi connectivity index (χ4v) is 3.10. The van der Waals surface area contributed by atoms with E-state index >= 15 is 0 Å². The third-order valence-electron chi connectivity index (χ3n) is 4.79. The van der Waals surface area contributed by atoms with Crippen molar-refractivity contribution in [2.75, 3.05) is 13.1 Å². The predicted molar refractivity (Wildman–Crippen MR) is 95.0 cm³/mol. The average Bonchev–Trinajstić information content (AvgIpc) is 3.09. The van der Waals surface area contributed by atoms with Crippen LogP contribution in [0.25, 0.3) is 0 Å². The Bertz CT molecular complexity index is 707. The number of nitrogens with one attached hydrogen (secondary N) is 2. The average molecular weight is 326 g/mol. The summed E-state index contributed by atoms with van der Waals surface area (Å²) in [4.78, 5) is 14.7. The Hall–Kier alpha value is -2.14. The van der Waals surface area contributed by atoms with Crippen molar-refractivity contribution in [3.63, 3.8) is 0 Å². The minimum Gasteiger partial charge on any atom is -0.349 e. The predicted octanol–water partition coefficient (Wildman–Crippen LogP) is 2.71. The first-order valence-corrected chi connectivity index (χ1v) is 8.69. The monoisotopic (exact) mass is 326 g/mol.